The molecule has 0 aliphatic carbocycles. The Morgan fingerprint density at radius 1 is 1.50 bits per heavy atom. The van der Waals surface area contributed by atoms with Crippen molar-refractivity contribution in [2.24, 2.45) is 5.92 Å². The molecule has 1 aliphatic heterocycles. The number of carbonyl (C=O) groups is 2. The Hall–Kier alpha value is -1.68. The van der Waals surface area contributed by atoms with Crippen LogP contribution in [0.25, 0.3) is 0 Å². The van der Waals surface area contributed by atoms with Crippen molar-refractivity contribution in [3.63, 3.8) is 0 Å². The molecule has 0 amide bonds. The third-order valence-corrected chi connectivity index (χ3v) is 3.34. The molecular formula is C14H17NO3. The van der Waals surface area contributed by atoms with Gasteiger partial charge in [0.25, 0.3) is 0 Å². The van der Waals surface area contributed by atoms with Gasteiger partial charge in [0, 0.05) is 32.0 Å². The lowest BCUT2D eigenvalue weighted by Crippen LogP contribution is -2.39. The Bertz CT molecular complexity index is 470. The topological polar surface area (TPSA) is 57.6 Å². The molecule has 1 fully saturated rings. The molecule has 2 rings (SSSR count). The van der Waals surface area contributed by atoms with E-state index in [1.54, 1.807) is 18.2 Å². The van der Waals surface area contributed by atoms with E-state index < -0.39 is 5.97 Å². The fraction of sp³-hybridized carbons (Fsp3) is 0.429. The van der Waals surface area contributed by atoms with Gasteiger partial charge in [-0.05, 0) is 17.7 Å². The number of piperidine rings is 1. The van der Waals surface area contributed by atoms with Gasteiger partial charge in [0.05, 0.1) is 5.56 Å². The smallest absolute Gasteiger partial charge is 0.335 e. The molecular weight excluding hydrogens is 230 g/mol. The summed E-state index contributed by atoms with van der Waals surface area (Å²) in [6.07, 6.45) is 0.597. The highest BCUT2D eigenvalue weighted by atomic mass is 16.4. The van der Waals surface area contributed by atoms with Gasteiger partial charge in [-0.15, -0.1) is 0 Å². The van der Waals surface area contributed by atoms with Gasteiger partial charge in [0.1, 0.15) is 5.78 Å². The number of rotatable bonds is 3. The van der Waals surface area contributed by atoms with Gasteiger partial charge in [0.2, 0.25) is 0 Å². The van der Waals surface area contributed by atoms with Crippen molar-refractivity contribution < 1.29 is 14.7 Å². The van der Waals surface area contributed by atoms with E-state index in [0.717, 1.165) is 18.7 Å². The zero-order valence-corrected chi connectivity index (χ0v) is 10.4. The van der Waals surface area contributed by atoms with Crippen molar-refractivity contribution in [1.82, 2.24) is 4.90 Å². The molecule has 0 saturated carbocycles. The summed E-state index contributed by atoms with van der Waals surface area (Å²) in [6.45, 7) is 4.18. The van der Waals surface area contributed by atoms with Crippen LogP contribution in [0, 0.1) is 5.92 Å². The zero-order valence-electron chi connectivity index (χ0n) is 10.4. The van der Waals surface area contributed by atoms with E-state index in [0.29, 0.717) is 24.3 Å². The quantitative estimate of drug-likeness (QED) is 0.884. The van der Waals surface area contributed by atoms with Crippen molar-refractivity contribution in [2.45, 2.75) is 19.9 Å². The van der Waals surface area contributed by atoms with Crippen LogP contribution in [0.3, 0.4) is 0 Å². The van der Waals surface area contributed by atoms with Crippen molar-refractivity contribution in [3.8, 4) is 0 Å². The van der Waals surface area contributed by atoms with Crippen LogP contribution in [-0.4, -0.2) is 34.8 Å². The Kier molecular flexibility index (Phi) is 3.77. The summed E-state index contributed by atoms with van der Waals surface area (Å²) in [5.41, 5.74) is 1.30. The molecule has 1 atom stereocenters. The third-order valence-electron chi connectivity index (χ3n) is 3.34. The third kappa shape index (κ3) is 2.96. The minimum atomic E-state index is -0.904. The summed E-state index contributed by atoms with van der Waals surface area (Å²) in [5, 5.41) is 8.93. The molecule has 18 heavy (non-hydrogen) atoms. The molecule has 1 aromatic carbocycles. The molecule has 0 spiro atoms. The number of benzene rings is 1. The lowest BCUT2D eigenvalue weighted by Gasteiger charge is -2.29. The van der Waals surface area contributed by atoms with E-state index in [2.05, 4.69) is 4.90 Å². The lowest BCUT2D eigenvalue weighted by atomic mass is 9.98. The first-order valence-corrected chi connectivity index (χ1v) is 6.13. The van der Waals surface area contributed by atoms with E-state index in [1.807, 2.05) is 13.0 Å². The SMILES string of the molecule is CC1CN(Cc2cccc(C(=O)O)c2)CCC1=O. The Labute approximate surface area is 106 Å². The summed E-state index contributed by atoms with van der Waals surface area (Å²) in [4.78, 5) is 24.5. The number of likely N-dealkylation sites (tertiary alicyclic amines) is 1. The molecule has 4 nitrogen and oxygen atoms in total. The Morgan fingerprint density at radius 3 is 2.94 bits per heavy atom. The number of aromatic carboxylic acids is 1. The maximum Gasteiger partial charge on any atom is 0.335 e. The second-order valence-corrected chi connectivity index (χ2v) is 4.86. The fourth-order valence-electron chi connectivity index (χ4n) is 2.30. The van der Waals surface area contributed by atoms with Crippen LogP contribution in [0.5, 0.6) is 0 Å². The van der Waals surface area contributed by atoms with Gasteiger partial charge in [-0.1, -0.05) is 19.1 Å². The van der Waals surface area contributed by atoms with Crippen LogP contribution in [0.1, 0.15) is 29.3 Å². The zero-order chi connectivity index (χ0) is 13.1. The number of hydrogen-bond donors (Lipinski definition) is 1. The molecule has 1 N–H and O–H groups in total. The molecule has 96 valence electrons. The summed E-state index contributed by atoms with van der Waals surface area (Å²) in [6, 6.07) is 6.97. The molecule has 0 bridgehead atoms. The van der Waals surface area contributed by atoms with Gasteiger partial charge in [-0.25, -0.2) is 4.79 Å². The standard InChI is InChI=1S/C14H17NO3/c1-10-8-15(6-5-13(10)16)9-11-3-2-4-12(7-11)14(17)18/h2-4,7,10H,5-6,8-9H2,1H3,(H,17,18). The maximum absolute atomic E-state index is 11.4. The van der Waals surface area contributed by atoms with E-state index in [-0.39, 0.29) is 5.92 Å². The van der Waals surface area contributed by atoms with Crippen LogP contribution >= 0.6 is 0 Å². The Balaban J connectivity index is 2.03. The minimum Gasteiger partial charge on any atom is -0.478 e. The van der Waals surface area contributed by atoms with Gasteiger partial charge < -0.3 is 5.11 Å². The maximum atomic E-state index is 11.4. The van der Waals surface area contributed by atoms with Crippen LogP contribution < -0.4 is 0 Å². The van der Waals surface area contributed by atoms with Crippen molar-refractivity contribution in [2.75, 3.05) is 13.1 Å². The molecule has 1 aliphatic rings. The van der Waals surface area contributed by atoms with E-state index in [9.17, 15) is 9.59 Å². The summed E-state index contributed by atoms with van der Waals surface area (Å²) in [7, 11) is 0. The first-order chi connectivity index (χ1) is 8.56. The lowest BCUT2D eigenvalue weighted by molar-refractivity contribution is -0.125. The van der Waals surface area contributed by atoms with E-state index in [1.165, 1.54) is 0 Å². The average Bonchev–Trinajstić information content (AvgIpc) is 2.34. The van der Waals surface area contributed by atoms with Crippen LogP contribution in [-0.2, 0) is 11.3 Å². The first kappa shape index (κ1) is 12.8. The molecule has 0 aromatic heterocycles. The predicted octanol–water partition coefficient (Wildman–Crippen LogP) is 1.80. The normalized spacial score (nSPS) is 20.9. The van der Waals surface area contributed by atoms with Crippen LogP contribution in [0.4, 0.5) is 0 Å². The molecule has 1 heterocycles. The highest BCUT2D eigenvalue weighted by Gasteiger charge is 2.23. The van der Waals surface area contributed by atoms with Gasteiger partial charge >= 0.3 is 5.97 Å². The average molecular weight is 247 g/mol. The van der Waals surface area contributed by atoms with Crippen molar-refractivity contribution in [1.29, 1.82) is 0 Å². The summed E-state index contributed by atoms with van der Waals surface area (Å²) >= 11 is 0. The van der Waals surface area contributed by atoms with Crippen LogP contribution in [0.15, 0.2) is 24.3 Å². The molecule has 1 aromatic rings. The van der Waals surface area contributed by atoms with Crippen molar-refractivity contribution >= 4 is 11.8 Å². The van der Waals surface area contributed by atoms with Crippen molar-refractivity contribution in [3.05, 3.63) is 35.4 Å². The minimum absolute atomic E-state index is 0.0846. The molecule has 1 saturated heterocycles. The van der Waals surface area contributed by atoms with Crippen LogP contribution in [0.2, 0.25) is 0 Å². The number of Topliss-reactive ketones (excluding diaryl/α,β-unsaturated/α-hetero) is 1. The summed E-state index contributed by atoms with van der Waals surface area (Å²) < 4.78 is 0. The number of carboxylic acids is 1. The second-order valence-electron chi connectivity index (χ2n) is 4.86. The number of carboxylic acid groups (broad SMARTS) is 1. The largest absolute Gasteiger partial charge is 0.478 e. The highest BCUT2D eigenvalue weighted by molar-refractivity contribution is 5.87. The first-order valence-electron chi connectivity index (χ1n) is 6.13. The highest BCUT2D eigenvalue weighted by Crippen LogP contribution is 2.16. The number of hydrogen-bond acceptors (Lipinski definition) is 3. The van der Waals surface area contributed by atoms with Gasteiger partial charge in [-0.2, -0.15) is 0 Å². The number of ketones is 1. The summed E-state index contributed by atoms with van der Waals surface area (Å²) in [5.74, 6) is -0.494. The van der Waals surface area contributed by atoms with Gasteiger partial charge in [-0.3, -0.25) is 9.69 Å². The molecule has 1 unspecified atom stereocenters. The Morgan fingerprint density at radius 2 is 2.28 bits per heavy atom. The van der Waals surface area contributed by atoms with E-state index in [4.69, 9.17) is 5.11 Å². The fourth-order valence-corrected chi connectivity index (χ4v) is 2.30. The number of nitrogens with zero attached hydrogens (tertiary/aromatic N) is 1. The monoisotopic (exact) mass is 247 g/mol. The van der Waals surface area contributed by atoms with Gasteiger partial charge in [0.15, 0.2) is 0 Å². The molecule has 0 radical (unpaired) electrons. The number of carbonyl (C=O) groups excluding carboxylic acids is 1. The predicted molar refractivity (Wildman–Crippen MR) is 67.5 cm³/mol. The molecule has 4 heteroatoms. The van der Waals surface area contributed by atoms with E-state index >= 15 is 0 Å². The second kappa shape index (κ2) is 5.31.